The first-order valence-corrected chi connectivity index (χ1v) is 5.74. The molecular weight excluding hydrogens is 242 g/mol. The van der Waals surface area contributed by atoms with Crippen molar-refractivity contribution >= 4 is 30.8 Å². The fourth-order valence-corrected chi connectivity index (χ4v) is 1.21. The molecule has 1 amide bonds. The lowest BCUT2D eigenvalue weighted by Gasteiger charge is -2.14. The zero-order valence-electron chi connectivity index (χ0n) is 10.4. The molecular formula is C9H19N5O2S. The number of hydrogen-bond donors (Lipinski definition) is 5. The van der Waals surface area contributed by atoms with Gasteiger partial charge in [-0.25, -0.2) is 0 Å². The predicted molar refractivity (Wildman–Crippen MR) is 69.7 cm³/mol. The standard InChI is InChI=1S/C9H19N5O2S/c10-7(2-1-3-13-9(11)12)8(16)14-6(4-15)5-17/h4,6-7,17H,1-3,5,10H2,(H,14,16)(H4,11,12,13)/t6-,7+/m1/s1/i4D. The first-order valence-electron chi connectivity index (χ1n) is 5.61. The van der Waals surface area contributed by atoms with Gasteiger partial charge in [-0.1, -0.05) is 0 Å². The minimum Gasteiger partial charge on any atom is -0.370 e. The lowest BCUT2D eigenvalue weighted by molar-refractivity contribution is -0.124. The van der Waals surface area contributed by atoms with Crippen LogP contribution in [-0.2, 0) is 9.59 Å². The summed E-state index contributed by atoms with van der Waals surface area (Å²) < 4.78 is 6.90. The number of aldehydes is 1. The molecule has 0 aliphatic rings. The number of carbonyl (C=O) groups is 2. The third-order valence-corrected chi connectivity index (χ3v) is 2.31. The molecule has 0 saturated heterocycles. The van der Waals surface area contributed by atoms with E-state index < -0.39 is 24.3 Å². The Hall–Kier alpha value is -1.28. The molecule has 17 heavy (non-hydrogen) atoms. The number of hydrogen-bond acceptors (Lipinski definition) is 5. The Morgan fingerprint density at radius 1 is 1.59 bits per heavy atom. The van der Waals surface area contributed by atoms with Crippen LogP contribution in [0, 0.1) is 0 Å². The third kappa shape index (κ3) is 7.58. The first kappa shape index (κ1) is 13.8. The van der Waals surface area contributed by atoms with Gasteiger partial charge in [-0.05, 0) is 12.8 Å². The Kier molecular flexibility index (Phi) is 7.15. The van der Waals surface area contributed by atoms with Gasteiger partial charge in [0.2, 0.25) is 5.91 Å². The van der Waals surface area contributed by atoms with Crippen LogP contribution in [0.15, 0.2) is 4.99 Å². The van der Waals surface area contributed by atoms with Crippen LogP contribution in [0.1, 0.15) is 14.2 Å². The second-order valence-corrected chi connectivity index (χ2v) is 3.78. The number of thiol groups is 1. The zero-order valence-corrected chi connectivity index (χ0v) is 10.3. The molecule has 8 heteroatoms. The smallest absolute Gasteiger partial charge is 0.237 e. The summed E-state index contributed by atoms with van der Waals surface area (Å²) in [6, 6.07) is -1.69. The monoisotopic (exact) mass is 262 g/mol. The van der Waals surface area contributed by atoms with Crippen LogP contribution in [0.2, 0.25) is 0 Å². The fraction of sp³-hybridized carbons (Fsp3) is 0.667. The molecule has 7 nitrogen and oxygen atoms in total. The largest absolute Gasteiger partial charge is 0.370 e. The molecule has 0 unspecified atom stereocenters. The topological polar surface area (TPSA) is 137 Å². The summed E-state index contributed by atoms with van der Waals surface area (Å²) in [4.78, 5) is 26.1. The van der Waals surface area contributed by atoms with Crippen LogP contribution in [0.5, 0.6) is 0 Å². The Bertz CT molecular complexity index is 322. The van der Waals surface area contributed by atoms with Crippen molar-refractivity contribution in [1.29, 1.82) is 0 Å². The number of carbonyl (C=O) groups excluding carboxylic acids is 2. The minimum atomic E-state index is -0.926. The first-order chi connectivity index (χ1) is 8.38. The van der Waals surface area contributed by atoms with E-state index in [-0.39, 0.29) is 11.7 Å². The van der Waals surface area contributed by atoms with Crippen LogP contribution in [0.25, 0.3) is 0 Å². The van der Waals surface area contributed by atoms with E-state index >= 15 is 0 Å². The Morgan fingerprint density at radius 2 is 2.24 bits per heavy atom. The number of aliphatic imine (C=N–C) groups is 1. The maximum atomic E-state index is 11.6. The van der Waals surface area contributed by atoms with E-state index in [0.29, 0.717) is 19.4 Å². The highest BCUT2D eigenvalue weighted by Crippen LogP contribution is 1.96. The molecule has 0 aromatic rings. The van der Waals surface area contributed by atoms with Gasteiger partial charge in [-0.3, -0.25) is 9.79 Å². The van der Waals surface area contributed by atoms with Crippen molar-refractivity contribution in [2.45, 2.75) is 24.9 Å². The molecule has 7 N–H and O–H groups in total. The second kappa shape index (κ2) is 8.82. The van der Waals surface area contributed by atoms with Crippen molar-refractivity contribution < 1.29 is 11.0 Å². The fourth-order valence-electron chi connectivity index (χ4n) is 1.04. The summed E-state index contributed by atoms with van der Waals surface area (Å²) in [5.74, 6) is -0.434. The molecule has 0 fully saturated rings. The van der Waals surface area contributed by atoms with Gasteiger partial charge in [0, 0.05) is 12.3 Å². The number of guanidine groups is 1. The SMILES string of the molecule is [2H]C(=O)[C@H](CS)NC(=O)[C@@H](N)CCCN=C(N)N. The van der Waals surface area contributed by atoms with Crippen molar-refractivity contribution in [3.63, 3.8) is 0 Å². The lowest BCUT2D eigenvalue weighted by Crippen LogP contribution is -2.46. The predicted octanol–water partition coefficient (Wildman–Crippen LogP) is -2.02. The molecule has 0 heterocycles. The van der Waals surface area contributed by atoms with Crippen molar-refractivity contribution in [2.24, 2.45) is 22.2 Å². The van der Waals surface area contributed by atoms with Gasteiger partial charge in [-0.2, -0.15) is 12.6 Å². The van der Waals surface area contributed by atoms with Gasteiger partial charge in [0.1, 0.15) is 7.63 Å². The van der Waals surface area contributed by atoms with E-state index in [1.165, 1.54) is 0 Å². The van der Waals surface area contributed by atoms with E-state index in [9.17, 15) is 9.59 Å². The second-order valence-electron chi connectivity index (χ2n) is 3.42. The van der Waals surface area contributed by atoms with E-state index in [0.717, 1.165) is 0 Å². The summed E-state index contributed by atoms with van der Waals surface area (Å²) >= 11 is 3.86. The number of nitrogens with two attached hydrogens (primary N) is 3. The van der Waals surface area contributed by atoms with Gasteiger partial charge < -0.3 is 27.3 Å². The average molecular weight is 262 g/mol. The molecule has 0 bridgehead atoms. The summed E-state index contributed by atoms with van der Waals surface area (Å²) in [7, 11) is 0. The van der Waals surface area contributed by atoms with Crippen LogP contribution in [-0.4, -0.2) is 42.5 Å². The van der Waals surface area contributed by atoms with Crippen molar-refractivity contribution in [2.75, 3.05) is 12.3 Å². The Labute approximate surface area is 107 Å². The third-order valence-electron chi connectivity index (χ3n) is 1.95. The Balaban J connectivity index is 4.03. The summed E-state index contributed by atoms with van der Waals surface area (Å²) in [5.41, 5.74) is 15.9. The zero-order chi connectivity index (χ0) is 14.1. The van der Waals surface area contributed by atoms with Crippen LogP contribution in [0.4, 0.5) is 0 Å². The molecule has 0 spiro atoms. The van der Waals surface area contributed by atoms with Crippen molar-refractivity contribution in [3.8, 4) is 0 Å². The van der Waals surface area contributed by atoms with Gasteiger partial charge >= 0.3 is 0 Å². The van der Waals surface area contributed by atoms with E-state index in [1.807, 2.05) is 0 Å². The Morgan fingerprint density at radius 3 is 2.71 bits per heavy atom. The number of rotatable bonds is 8. The molecule has 0 aromatic heterocycles. The average Bonchev–Trinajstić information content (AvgIpc) is 2.30. The molecule has 0 rings (SSSR count). The molecule has 98 valence electrons. The van der Waals surface area contributed by atoms with E-state index in [1.54, 1.807) is 0 Å². The van der Waals surface area contributed by atoms with Crippen LogP contribution in [0.3, 0.4) is 0 Å². The number of nitrogens with one attached hydrogen (secondary N) is 1. The molecule has 0 aliphatic heterocycles. The van der Waals surface area contributed by atoms with Crippen LogP contribution >= 0.6 is 12.6 Å². The number of amides is 1. The van der Waals surface area contributed by atoms with Crippen molar-refractivity contribution in [1.82, 2.24) is 5.32 Å². The maximum Gasteiger partial charge on any atom is 0.237 e. The van der Waals surface area contributed by atoms with Gasteiger partial charge in [0.15, 0.2) is 5.96 Å². The lowest BCUT2D eigenvalue weighted by atomic mass is 10.1. The summed E-state index contributed by atoms with van der Waals surface area (Å²) in [6.45, 7) is 0.386. The summed E-state index contributed by atoms with van der Waals surface area (Å²) in [6.07, 6.45) is 0.0343. The van der Waals surface area contributed by atoms with Gasteiger partial charge in [0.25, 0.3) is 0 Å². The maximum absolute atomic E-state index is 11.6. The highest BCUT2D eigenvalue weighted by molar-refractivity contribution is 7.80. The molecule has 0 radical (unpaired) electrons. The minimum absolute atomic E-state index is 0.0111. The molecule has 0 aliphatic carbocycles. The normalized spacial score (nSPS) is 14.4. The molecule has 0 aromatic carbocycles. The van der Waals surface area contributed by atoms with E-state index in [4.69, 9.17) is 18.6 Å². The molecule has 2 atom stereocenters. The highest BCUT2D eigenvalue weighted by Gasteiger charge is 2.16. The summed E-state index contributed by atoms with van der Waals surface area (Å²) in [5, 5.41) is 2.35. The van der Waals surface area contributed by atoms with Crippen molar-refractivity contribution in [3.05, 3.63) is 0 Å². The highest BCUT2D eigenvalue weighted by atomic mass is 32.1. The number of nitrogens with zero attached hydrogens (tertiary/aromatic N) is 1. The van der Waals surface area contributed by atoms with E-state index in [2.05, 4.69) is 22.9 Å². The van der Waals surface area contributed by atoms with Gasteiger partial charge in [0.05, 0.1) is 12.1 Å². The quantitative estimate of drug-likeness (QED) is 0.113. The van der Waals surface area contributed by atoms with Gasteiger partial charge in [-0.15, -0.1) is 0 Å². The molecule has 0 saturated carbocycles. The van der Waals surface area contributed by atoms with Crippen LogP contribution < -0.4 is 22.5 Å².